The zero-order valence-corrected chi connectivity index (χ0v) is 15.5. The molecule has 25 heavy (non-hydrogen) atoms. The lowest BCUT2D eigenvalue weighted by atomic mass is 9.48. The van der Waals surface area contributed by atoms with Crippen LogP contribution in [-0.4, -0.2) is 15.2 Å². The highest BCUT2D eigenvalue weighted by atomic mass is 79.9. The van der Waals surface area contributed by atoms with Crippen molar-refractivity contribution in [2.24, 2.45) is 17.3 Å². The summed E-state index contributed by atoms with van der Waals surface area (Å²) in [6, 6.07) is 6.32. The minimum Gasteiger partial charge on any atom is -0.292 e. The maximum absolute atomic E-state index is 12.5. The second-order valence-corrected chi connectivity index (χ2v) is 9.92. The first-order valence-electron chi connectivity index (χ1n) is 8.84. The molecule has 0 spiro atoms. The number of hydrogen-bond acceptors (Lipinski definition) is 4. The summed E-state index contributed by atoms with van der Waals surface area (Å²) in [5, 5.41) is 11.0. The molecule has 4 saturated carbocycles. The van der Waals surface area contributed by atoms with E-state index in [0.29, 0.717) is 12.1 Å². The van der Waals surface area contributed by atoms with E-state index in [4.69, 9.17) is 0 Å². The minimum absolute atomic E-state index is 0.0444. The predicted molar refractivity (Wildman–Crippen MR) is 98.3 cm³/mol. The van der Waals surface area contributed by atoms with E-state index >= 15 is 0 Å². The standard InChI is InChI=1S/C18H22BrN3O3/c19-18-8-12-5-13(9-18)7-17(6-12,11-18)10-16(23)21-20-14-3-1-2-4-15(14)22(24)25/h1-4,12-13,20H,5-11H2,(H,21,23)/t12-,13-,17?,18?/m1/s1. The number of carbonyl (C=O) groups is 1. The number of halogens is 1. The quantitative estimate of drug-likeness (QED) is 0.435. The molecule has 1 aromatic rings. The van der Waals surface area contributed by atoms with E-state index in [9.17, 15) is 14.9 Å². The van der Waals surface area contributed by atoms with Gasteiger partial charge in [-0.3, -0.25) is 25.8 Å². The summed E-state index contributed by atoms with van der Waals surface area (Å²) in [6.45, 7) is 0. The zero-order chi connectivity index (χ0) is 17.7. The third kappa shape index (κ3) is 3.26. The topological polar surface area (TPSA) is 84.3 Å². The van der Waals surface area contributed by atoms with E-state index in [1.54, 1.807) is 18.2 Å². The van der Waals surface area contributed by atoms with Crippen molar-refractivity contribution in [3.05, 3.63) is 34.4 Å². The van der Waals surface area contributed by atoms with Gasteiger partial charge in [0.25, 0.3) is 5.69 Å². The highest BCUT2D eigenvalue weighted by Crippen LogP contribution is 2.65. The van der Waals surface area contributed by atoms with E-state index in [1.807, 2.05) is 0 Å². The first kappa shape index (κ1) is 16.8. The Morgan fingerprint density at radius 3 is 2.56 bits per heavy atom. The van der Waals surface area contributed by atoms with Crippen molar-refractivity contribution in [2.45, 2.75) is 49.3 Å². The van der Waals surface area contributed by atoms with Crippen molar-refractivity contribution >= 4 is 33.2 Å². The Morgan fingerprint density at radius 2 is 1.92 bits per heavy atom. The van der Waals surface area contributed by atoms with Gasteiger partial charge in [0.05, 0.1) is 4.92 Å². The Kier molecular flexibility index (Phi) is 4.02. The summed E-state index contributed by atoms with van der Waals surface area (Å²) in [5.41, 5.74) is 5.76. The molecule has 0 aliphatic heterocycles. The van der Waals surface area contributed by atoms with Gasteiger partial charge in [-0.2, -0.15) is 0 Å². The molecule has 1 aromatic carbocycles. The largest absolute Gasteiger partial charge is 0.294 e. The fourth-order valence-corrected chi connectivity index (χ4v) is 7.31. The van der Waals surface area contributed by atoms with Gasteiger partial charge >= 0.3 is 0 Å². The van der Waals surface area contributed by atoms with Crippen molar-refractivity contribution < 1.29 is 9.72 Å². The second-order valence-electron chi connectivity index (χ2n) is 8.24. The molecule has 4 fully saturated rings. The molecule has 6 nitrogen and oxygen atoms in total. The molecule has 4 aliphatic rings. The predicted octanol–water partition coefficient (Wildman–Crippen LogP) is 4.16. The van der Waals surface area contributed by atoms with Crippen LogP contribution in [-0.2, 0) is 4.79 Å². The van der Waals surface area contributed by atoms with Gasteiger partial charge in [0.2, 0.25) is 5.91 Å². The van der Waals surface area contributed by atoms with Crippen molar-refractivity contribution in [3.63, 3.8) is 0 Å². The lowest BCUT2D eigenvalue weighted by molar-refractivity contribution is -0.384. The van der Waals surface area contributed by atoms with Crippen molar-refractivity contribution in [1.29, 1.82) is 0 Å². The van der Waals surface area contributed by atoms with Crippen LogP contribution in [0.5, 0.6) is 0 Å². The van der Waals surface area contributed by atoms with Crippen LogP contribution in [0.25, 0.3) is 0 Å². The first-order chi connectivity index (χ1) is 11.9. The SMILES string of the molecule is O=C(CC12C[C@H]3C[C@@H](CC(Br)(C3)C1)C2)NNc1ccccc1[N+](=O)[O-]. The Morgan fingerprint density at radius 1 is 1.24 bits per heavy atom. The fraction of sp³-hybridized carbons (Fsp3) is 0.611. The monoisotopic (exact) mass is 407 g/mol. The summed E-state index contributed by atoms with van der Waals surface area (Å²) in [5.74, 6) is 1.38. The fourth-order valence-electron chi connectivity index (χ4n) is 5.80. The van der Waals surface area contributed by atoms with Crippen molar-refractivity contribution in [1.82, 2.24) is 5.43 Å². The number of benzene rings is 1. The number of nitrogens with one attached hydrogen (secondary N) is 2. The summed E-state index contributed by atoms with van der Waals surface area (Å²) < 4.78 is 0.225. The molecule has 0 unspecified atom stereocenters. The number of nitro groups is 1. The van der Waals surface area contributed by atoms with Crippen LogP contribution in [0.2, 0.25) is 0 Å². The number of nitrogens with zero attached hydrogens (tertiary/aromatic N) is 1. The van der Waals surface area contributed by atoms with E-state index in [0.717, 1.165) is 31.1 Å². The molecular weight excluding hydrogens is 386 g/mol. The van der Waals surface area contributed by atoms with Gasteiger partial charge in [0.15, 0.2) is 0 Å². The van der Waals surface area contributed by atoms with Crippen LogP contribution in [0, 0.1) is 27.4 Å². The van der Waals surface area contributed by atoms with Crippen molar-refractivity contribution in [3.8, 4) is 0 Å². The third-order valence-corrected chi connectivity index (χ3v) is 7.01. The molecule has 0 radical (unpaired) electrons. The molecular formula is C18H22BrN3O3. The minimum atomic E-state index is -0.456. The number of hydrogen-bond donors (Lipinski definition) is 2. The molecule has 0 aromatic heterocycles. The molecule has 2 atom stereocenters. The normalized spacial score (nSPS) is 35.4. The van der Waals surface area contributed by atoms with Crippen LogP contribution < -0.4 is 10.9 Å². The average molecular weight is 408 g/mol. The van der Waals surface area contributed by atoms with Gasteiger partial charge < -0.3 is 0 Å². The van der Waals surface area contributed by atoms with Crippen LogP contribution >= 0.6 is 15.9 Å². The summed E-state index contributed by atoms with van der Waals surface area (Å²) in [4.78, 5) is 23.1. The third-order valence-electron chi connectivity index (χ3n) is 6.08. The molecule has 4 aliphatic carbocycles. The Bertz CT molecular complexity index is 709. The number of carbonyl (C=O) groups excluding carboxylic acids is 1. The zero-order valence-electron chi connectivity index (χ0n) is 14.0. The number of para-hydroxylation sites is 2. The Labute approximate surface area is 155 Å². The maximum Gasteiger partial charge on any atom is 0.294 e. The van der Waals surface area contributed by atoms with E-state index in [1.165, 1.54) is 25.3 Å². The summed E-state index contributed by atoms with van der Waals surface area (Å²) in [6.07, 6.45) is 7.60. The number of alkyl halides is 1. The molecule has 4 bridgehead atoms. The van der Waals surface area contributed by atoms with Gasteiger partial charge in [-0.05, 0) is 61.8 Å². The molecule has 134 valence electrons. The lowest BCUT2D eigenvalue weighted by Crippen LogP contribution is -2.54. The van der Waals surface area contributed by atoms with Crippen LogP contribution in [0.4, 0.5) is 11.4 Å². The Balaban J connectivity index is 1.41. The van der Waals surface area contributed by atoms with Crippen LogP contribution in [0.3, 0.4) is 0 Å². The van der Waals surface area contributed by atoms with Gasteiger partial charge in [-0.1, -0.05) is 28.1 Å². The molecule has 2 N–H and O–H groups in total. The number of rotatable bonds is 5. The van der Waals surface area contributed by atoms with E-state index < -0.39 is 4.92 Å². The number of amides is 1. The Hall–Kier alpha value is -1.63. The van der Waals surface area contributed by atoms with Gasteiger partial charge in [-0.25, -0.2) is 0 Å². The van der Waals surface area contributed by atoms with Crippen molar-refractivity contribution in [2.75, 3.05) is 5.43 Å². The molecule has 5 rings (SSSR count). The lowest BCUT2D eigenvalue weighted by Gasteiger charge is -2.60. The first-order valence-corrected chi connectivity index (χ1v) is 9.63. The van der Waals surface area contributed by atoms with Crippen LogP contribution in [0.15, 0.2) is 24.3 Å². The van der Waals surface area contributed by atoms with Crippen LogP contribution in [0.1, 0.15) is 44.9 Å². The van der Waals surface area contributed by atoms with Gasteiger partial charge in [0.1, 0.15) is 5.69 Å². The number of nitro benzene ring substituents is 1. The van der Waals surface area contributed by atoms with Gasteiger partial charge in [0, 0.05) is 16.8 Å². The molecule has 0 heterocycles. The highest BCUT2D eigenvalue weighted by molar-refractivity contribution is 9.10. The summed E-state index contributed by atoms with van der Waals surface area (Å²) in [7, 11) is 0. The molecule has 0 saturated heterocycles. The van der Waals surface area contributed by atoms with E-state index in [2.05, 4.69) is 26.8 Å². The maximum atomic E-state index is 12.5. The average Bonchev–Trinajstić information content (AvgIpc) is 2.50. The number of anilines is 1. The molecule has 7 heteroatoms. The number of hydrazine groups is 1. The molecule has 1 amide bonds. The smallest absolute Gasteiger partial charge is 0.292 e. The second kappa shape index (κ2) is 5.97. The van der Waals surface area contributed by atoms with Gasteiger partial charge in [-0.15, -0.1) is 0 Å². The summed E-state index contributed by atoms with van der Waals surface area (Å²) >= 11 is 3.96. The highest BCUT2D eigenvalue weighted by Gasteiger charge is 2.57. The van der Waals surface area contributed by atoms with E-state index in [-0.39, 0.29) is 21.3 Å².